The number of hydrogen-bond acceptors (Lipinski definition) is 5. The maximum atomic E-state index is 12.6. The third kappa shape index (κ3) is 4.59. The maximum absolute atomic E-state index is 12.6. The highest BCUT2D eigenvalue weighted by Crippen LogP contribution is 2.14. The Kier molecular flexibility index (Phi) is 5.78. The molecule has 8 nitrogen and oxygen atoms in total. The molecule has 0 radical (unpaired) electrons. The van der Waals surface area contributed by atoms with Gasteiger partial charge in [0.15, 0.2) is 0 Å². The van der Waals surface area contributed by atoms with E-state index in [1.807, 2.05) is 61.5 Å². The number of likely N-dealkylation sites (N-methyl/N-ethyl adjacent to an activating group) is 1. The van der Waals surface area contributed by atoms with Crippen LogP contribution in [0.1, 0.15) is 18.5 Å². The fraction of sp³-hybridized carbons (Fsp3) is 0.250. The Morgan fingerprint density at radius 2 is 1.79 bits per heavy atom. The van der Waals surface area contributed by atoms with Gasteiger partial charge in [0.1, 0.15) is 6.04 Å². The first-order valence-electron chi connectivity index (χ1n) is 8.90. The zero-order valence-electron chi connectivity index (χ0n) is 16.0. The van der Waals surface area contributed by atoms with Crippen LogP contribution in [0.5, 0.6) is 0 Å². The van der Waals surface area contributed by atoms with Crippen molar-refractivity contribution in [1.82, 2.24) is 25.1 Å². The van der Waals surface area contributed by atoms with Crippen LogP contribution < -0.4 is 5.32 Å². The van der Waals surface area contributed by atoms with Crippen LogP contribution in [0.4, 0.5) is 5.69 Å². The Labute approximate surface area is 163 Å². The Hall–Kier alpha value is -3.55. The molecule has 0 fully saturated rings. The summed E-state index contributed by atoms with van der Waals surface area (Å²) in [6.45, 7) is 3.57. The van der Waals surface area contributed by atoms with Crippen molar-refractivity contribution in [2.75, 3.05) is 18.9 Å². The van der Waals surface area contributed by atoms with Gasteiger partial charge in [-0.05, 0) is 31.2 Å². The second-order valence-electron chi connectivity index (χ2n) is 6.58. The molecule has 2 aromatic carbocycles. The van der Waals surface area contributed by atoms with Gasteiger partial charge in [0, 0.05) is 18.3 Å². The largest absolute Gasteiger partial charge is 0.335 e. The van der Waals surface area contributed by atoms with Crippen LogP contribution in [0.3, 0.4) is 0 Å². The Morgan fingerprint density at radius 1 is 1.11 bits per heavy atom. The van der Waals surface area contributed by atoms with E-state index in [2.05, 4.69) is 20.7 Å². The van der Waals surface area contributed by atoms with Crippen molar-refractivity contribution in [2.24, 2.45) is 0 Å². The zero-order valence-corrected chi connectivity index (χ0v) is 16.0. The predicted molar refractivity (Wildman–Crippen MR) is 105 cm³/mol. The number of rotatable bonds is 6. The van der Waals surface area contributed by atoms with Crippen LogP contribution in [0.25, 0.3) is 11.4 Å². The first-order valence-corrected chi connectivity index (χ1v) is 8.90. The second-order valence-corrected chi connectivity index (χ2v) is 6.58. The number of benzene rings is 2. The summed E-state index contributed by atoms with van der Waals surface area (Å²) >= 11 is 0. The molecule has 0 spiro atoms. The summed E-state index contributed by atoms with van der Waals surface area (Å²) < 4.78 is 0. The normalized spacial score (nSPS) is 11.7. The van der Waals surface area contributed by atoms with Crippen LogP contribution in [0.15, 0.2) is 54.6 Å². The van der Waals surface area contributed by atoms with Gasteiger partial charge in [-0.1, -0.05) is 48.0 Å². The van der Waals surface area contributed by atoms with E-state index in [9.17, 15) is 9.59 Å². The van der Waals surface area contributed by atoms with E-state index in [1.54, 1.807) is 14.0 Å². The van der Waals surface area contributed by atoms with Gasteiger partial charge in [0.25, 0.3) is 0 Å². The van der Waals surface area contributed by atoms with E-state index < -0.39 is 6.04 Å². The SMILES string of the molecule is Cc1ccc(NC(=O)CN(C)C(=O)C(C)n2nnc(-c3ccccc3)n2)cc1. The number of aromatic nitrogens is 4. The number of carbonyl (C=O) groups is 2. The lowest BCUT2D eigenvalue weighted by Crippen LogP contribution is -2.39. The summed E-state index contributed by atoms with van der Waals surface area (Å²) in [7, 11) is 1.57. The van der Waals surface area contributed by atoms with Crippen molar-refractivity contribution in [1.29, 1.82) is 0 Å². The van der Waals surface area contributed by atoms with Gasteiger partial charge in [-0.3, -0.25) is 9.59 Å². The van der Waals surface area contributed by atoms with Gasteiger partial charge >= 0.3 is 0 Å². The topological polar surface area (TPSA) is 93.0 Å². The molecule has 0 aliphatic heterocycles. The first kappa shape index (κ1) is 19.2. The number of carbonyl (C=O) groups excluding carboxylic acids is 2. The minimum absolute atomic E-state index is 0.0721. The molecule has 0 saturated heterocycles. The molecule has 144 valence electrons. The van der Waals surface area contributed by atoms with Gasteiger partial charge in [-0.15, -0.1) is 10.2 Å². The fourth-order valence-corrected chi connectivity index (χ4v) is 2.64. The second kappa shape index (κ2) is 8.43. The summed E-state index contributed by atoms with van der Waals surface area (Å²) in [5.41, 5.74) is 2.61. The Bertz CT molecular complexity index is 952. The van der Waals surface area contributed by atoms with Crippen LogP contribution in [-0.2, 0) is 9.59 Å². The molecule has 1 heterocycles. The van der Waals surface area contributed by atoms with Gasteiger partial charge in [-0.25, -0.2) is 0 Å². The summed E-state index contributed by atoms with van der Waals surface area (Å²) in [6, 6.07) is 16.2. The lowest BCUT2D eigenvalue weighted by atomic mass is 10.2. The highest BCUT2D eigenvalue weighted by molar-refractivity contribution is 5.94. The molecule has 1 unspecified atom stereocenters. The van der Waals surface area contributed by atoms with Crippen LogP contribution >= 0.6 is 0 Å². The molecule has 3 rings (SSSR count). The number of amides is 2. The van der Waals surface area contributed by atoms with E-state index in [0.717, 1.165) is 11.1 Å². The van der Waals surface area contributed by atoms with E-state index in [0.29, 0.717) is 11.5 Å². The minimum atomic E-state index is -0.679. The zero-order chi connectivity index (χ0) is 20.1. The van der Waals surface area contributed by atoms with Crippen molar-refractivity contribution in [3.8, 4) is 11.4 Å². The predicted octanol–water partition coefficient (Wildman–Crippen LogP) is 2.31. The lowest BCUT2D eigenvalue weighted by Gasteiger charge is -2.20. The highest BCUT2D eigenvalue weighted by Gasteiger charge is 2.23. The van der Waals surface area contributed by atoms with Crippen LogP contribution in [0, 0.1) is 6.92 Å². The number of nitrogens with one attached hydrogen (secondary N) is 1. The molecular formula is C20H22N6O2. The number of tetrazole rings is 1. The minimum Gasteiger partial charge on any atom is -0.335 e. The number of hydrogen-bond donors (Lipinski definition) is 1. The molecule has 1 atom stereocenters. The van der Waals surface area contributed by atoms with E-state index in [1.165, 1.54) is 9.70 Å². The van der Waals surface area contributed by atoms with E-state index in [4.69, 9.17) is 0 Å². The number of anilines is 1. The summed E-state index contributed by atoms with van der Waals surface area (Å²) in [4.78, 5) is 27.5. The van der Waals surface area contributed by atoms with Gasteiger partial charge in [0.05, 0.1) is 6.54 Å². The van der Waals surface area contributed by atoms with Crippen LogP contribution in [-0.4, -0.2) is 50.5 Å². The smallest absolute Gasteiger partial charge is 0.249 e. The molecule has 0 saturated carbocycles. The molecule has 2 amide bonds. The standard InChI is InChI=1S/C20H22N6O2/c1-14-9-11-17(12-10-14)21-18(27)13-25(3)20(28)15(2)26-23-19(22-24-26)16-7-5-4-6-8-16/h4-12,15H,13H2,1-3H3,(H,21,27). The molecule has 3 aromatic rings. The molecule has 1 N–H and O–H groups in total. The third-order valence-corrected chi connectivity index (χ3v) is 4.26. The average molecular weight is 378 g/mol. The van der Waals surface area contributed by atoms with Crippen molar-refractivity contribution in [2.45, 2.75) is 19.9 Å². The van der Waals surface area contributed by atoms with Gasteiger partial charge in [0.2, 0.25) is 17.6 Å². The summed E-state index contributed by atoms with van der Waals surface area (Å²) in [5.74, 6) is -0.112. The highest BCUT2D eigenvalue weighted by atomic mass is 16.2. The molecule has 1 aromatic heterocycles. The maximum Gasteiger partial charge on any atom is 0.249 e. The number of aryl methyl sites for hydroxylation is 1. The van der Waals surface area contributed by atoms with Gasteiger partial charge < -0.3 is 10.2 Å². The summed E-state index contributed by atoms with van der Waals surface area (Å²) in [6.07, 6.45) is 0. The third-order valence-electron chi connectivity index (χ3n) is 4.26. The van der Waals surface area contributed by atoms with Crippen molar-refractivity contribution >= 4 is 17.5 Å². The molecule has 8 heteroatoms. The quantitative estimate of drug-likeness (QED) is 0.710. The first-order chi connectivity index (χ1) is 13.4. The molecular weight excluding hydrogens is 356 g/mol. The molecule has 0 aliphatic rings. The van der Waals surface area contributed by atoms with Gasteiger partial charge in [-0.2, -0.15) is 4.80 Å². The Balaban J connectivity index is 1.60. The summed E-state index contributed by atoms with van der Waals surface area (Å²) in [5, 5.41) is 15.0. The fourth-order valence-electron chi connectivity index (χ4n) is 2.64. The molecule has 0 bridgehead atoms. The average Bonchev–Trinajstić information content (AvgIpc) is 3.19. The van der Waals surface area contributed by atoms with Crippen molar-refractivity contribution < 1.29 is 9.59 Å². The molecule has 0 aliphatic carbocycles. The van der Waals surface area contributed by atoms with Crippen molar-refractivity contribution in [3.63, 3.8) is 0 Å². The Morgan fingerprint density at radius 3 is 2.46 bits per heavy atom. The monoisotopic (exact) mass is 378 g/mol. The van der Waals surface area contributed by atoms with Crippen molar-refractivity contribution in [3.05, 3.63) is 60.2 Å². The number of nitrogens with zero attached hydrogens (tertiary/aromatic N) is 5. The van der Waals surface area contributed by atoms with E-state index in [-0.39, 0.29) is 18.4 Å². The lowest BCUT2D eigenvalue weighted by molar-refractivity contribution is -0.136. The molecule has 28 heavy (non-hydrogen) atoms. The van der Waals surface area contributed by atoms with Crippen LogP contribution in [0.2, 0.25) is 0 Å². The van der Waals surface area contributed by atoms with E-state index >= 15 is 0 Å².